The SMILES string of the molecule is O=C(NC1CCN(C(=O)NC2CC2)CC1)O[C@@H]1CCN(c2cn[nH]c(=O)c2Cl)C1. The Bertz CT molecular complexity index is 821. The molecular weight excluding hydrogens is 400 g/mol. The number of nitrogens with zero attached hydrogens (tertiary/aromatic N) is 3. The summed E-state index contributed by atoms with van der Waals surface area (Å²) in [6.45, 7) is 2.32. The first-order valence-electron chi connectivity index (χ1n) is 10.0. The summed E-state index contributed by atoms with van der Waals surface area (Å²) < 4.78 is 5.54. The van der Waals surface area contributed by atoms with Crippen molar-refractivity contribution < 1.29 is 14.3 Å². The van der Waals surface area contributed by atoms with E-state index in [-0.39, 0.29) is 23.2 Å². The molecule has 3 amide bonds. The number of alkyl carbamates (subject to hydrolysis) is 1. The van der Waals surface area contributed by atoms with Crippen molar-refractivity contribution in [1.82, 2.24) is 25.7 Å². The van der Waals surface area contributed by atoms with Gasteiger partial charge in [-0.15, -0.1) is 0 Å². The van der Waals surface area contributed by atoms with Crippen LogP contribution in [0.25, 0.3) is 0 Å². The van der Waals surface area contributed by atoms with Crippen LogP contribution in [0.5, 0.6) is 0 Å². The Morgan fingerprint density at radius 1 is 1.10 bits per heavy atom. The number of aromatic nitrogens is 2. The molecule has 1 aromatic rings. The number of amides is 3. The van der Waals surface area contributed by atoms with Crippen molar-refractivity contribution in [3.05, 3.63) is 21.6 Å². The molecule has 1 aromatic heterocycles. The van der Waals surface area contributed by atoms with E-state index in [2.05, 4.69) is 20.8 Å². The molecule has 3 N–H and O–H groups in total. The van der Waals surface area contributed by atoms with Crippen LogP contribution in [0.4, 0.5) is 15.3 Å². The molecule has 0 unspecified atom stereocenters. The molecule has 3 fully saturated rings. The first kappa shape index (κ1) is 19.8. The van der Waals surface area contributed by atoms with Gasteiger partial charge in [-0.3, -0.25) is 4.79 Å². The van der Waals surface area contributed by atoms with Crippen LogP contribution in [-0.2, 0) is 4.74 Å². The summed E-state index contributed by atoms with van der Waals surface area (Å²) in [5.41, 5.74) is 0.0993. The van der Waals surface area contributed by atoms with E-state index >= 15 is 0 Å². The summed E-state index contributed by atoms with van der Waals surface area (Å²) in [7, 11) is 0. The van der Waals surface area contributed by atoms with E-state index in [0.717, 1.165) is 12.8 Å². The van der Waals surface area contributed by atoms with Crippen LogP contribution in [0.3, 0.4) is 0 Å². The van der Waals surface area contributed by atoms with Gasteiger partial charge < -0.3 is 25.2 Å². The van der Waals surface area contributed by atoms with E-state index in [4.69, 9.17) is 16.3 Å². The van der Waals surface area contributed by atoms with Crippen molar-refractivity contribution >= 4 is 29.4 Å². The van der Waals surface area contributed by atoms with E-state index < -0.39 is 11.7 Å². The molecule has 2 saturated heterocycles. The highest BCUT2D eigenvalue weighted by Crippen LogP contribution is 2.26. The normalized spacial score (nSPS) is 22.4. The standard InChI is InChI=1S/C18H25ClN6O4/c19-15-14(9-20-23-16(15)26)25-8-5-13(10-25)29-18(28)22-12-3-6-24(7-4-12)17(27)21-11-1-2-11/h9,11-13H,1-8,10H2,(H,21,27)(H,22,28)(H,23,26)/t13-/m1/s1. The lowest BCUT2D eigenvalue weighted by Crippen LogP contribution is -2.50. The molecule has 158 valence electrons. The lowest BCUT2D eigenvalue weighted by atomic mass is 10.1. The number of halogens is 1. The number of rotatable bonds is 4. The minimum atomic E-state index is -0.451. The number of carbonyl (C=O) groups excluding carboxylic acids is 2. The average molecular weight is 425 g/mol. The van der Waals surface area contributed by atoms with Gasteiger partial charge in [0.2, 0.25) is 0 Å². The summed E-state index contributed by atoms with van der Waals surface area (Å²) in [6.07, 6.45) is 4.96. The Labute approximate surface area is 172 Å². The molecule has 29 heavy (non-hydrogen) atoms. The van der Waals surface area contributed by atoms with Gasteiger partial charge in [-0.05, 0) is 25.7 Å². The van der Waals surface area contributed by atoms with Crippen molar-refractivity contribution in [2.45, 2.75) is 50.3 Å². The first-order chi connectivity index (χ1) is 14.0. The summed E-state index contributed by atoms with van der Waals surface area (Å²) >= 11 is 6.04. The number of piperidine rings is 1. The third kappa shape index (κ3) is 4.92. The second-order valence-corrected chi connectivity index (χ2v) is 8.17. The molecule has 0 radical (unpaired) electrons. The molecule has 11 heteroatoms. The molecule has 0 bridgehead atoms. The average Bonchev–Trinajstić information content (AvgIpc) is 3.40. The number of hydrogen-bond acceptors (Lipinski definition) is 6. The minimum Gasteiger partial charge on any atom is -0.444 e. The summed E-state index contributed by atoms with van der Waals surface area (Å²) in [5, 5.41) is 12.0. The fourth-order valence-corrected chi connectivity index (χ4v) is 3.92. The molecule has 1 atom stereocenters. The number of anilines is 1. The number of nitrogens with one attached hydrogen (secondary N) is 3. The van der Waals surface area contributed by atoms with Gasteiger partial charge in [-0.1, -0.05) is 11.6 Å². The number of H-pyrrole nitrogens is 1. The number of urea groups is 1. The molecule has 1 aliphatic carbocycles. The van der Waals surface area contributed by atoms with Crippen molar-refractivity contribution in [3.63, 3.8) is 0 Å². The number of likely N-dealkylation sites (tertiary alicyclic amines) is 1. The lowest BCUT2D eigenvalue weighted by molar-refractivity contribution is 0.100. The fraction of sp³-hybridized carbons (Fsp3) is 0.667. The van der Waals surface area contributed by atoms with Crippen LogP contribution < -0.4 is 21.1 Å². The molecule has 4 rings (SSSR count). The van der Waals surface area contributed by atoms with Crippen LogP contribution in [0.2, 0.25) is 5.02 Å². The van der Waals surface area contributed by atoms with Crippen LogP contribution in [0.15, 0.2) is 11.0 Å². The maximum Gasteiger partial charge on any atom is 0.407 e. The third-order valence-electron chi connectivity index (χ3n) is 5.55. The first-order valence-corrected chi connectivity index (χ1v) is 10.4. The van der Waals surface area contributed by atoms with E-state index in [1.165, 1.54) is 6.20 Å². The Hall–Kier alpha value is -2.49. The number of ether oxygens (including phenoxy) is 1. The number of carbonyl (C=O) groups is 2. The Kier molecular flexibility index (Phi) is 5.79. The summed E-state index contributed by atoms with van der Waals surface area (Å²) in [6, 6.07) is 0.336. The van der Waals surface area contributed by atoms with Gasteiger partial charge in [0.05, 0.1) is 18.4 Å². The van der Waals surface area contributed by atoms with E-state index in [0.29, 0.717) is 57.2 Å². The third-order valence-corrected chi connectivity index (χ3v) is 5.91. The molecule has 0 aromatic carbocycles. The maximum atomic E-state index is 12.3. The fourth-order valence-electron chi connectivity index (χ4n) is 3.71. The largest absolute Gasteiger partial charge is 0.444 e. The molecular formula is C18H25ClN6O4. The van der Waals surface area contributed by atoms with Crippen LogP contribution >= 0.6 is 11.6 Å². The van der Waals surface area contributed by atoms with Crippen molar-refractivity contribution in [2.24, 2.45) is 0 Å². The monoisotopic (exact) mass is 424 g/mol. The topological polar surface area (TPSA) is 120 Å². The molecule has 10 nitrogen and oxygen atoms in total. The van der Waals surface area contributed by atoms with Gasteiger partial charge in [0.1, 0.15) is 11.1 Å². The van der Waals surface area contributed by atoms with Crippen molar-refractivity contribution in [1.29, 1.82) is 0 Å². The summed E-state index contributed by atoms with van der Waals surface area (Å²) in [4.78, 5) is 39.6. The highest BCUT2D eigenvalue weighted by Gasteiger charge is 2.31. The molecule has 2 aliphatic heterocycles. The van der Waals surface area contributed by atoms with Gasteiger partial charge in [0.25, 0.3) is 5.56 Å². The Balaban J connectivity index is 1.20. The maximum absolute atomic E-state index is 12.3. The van der Waals surface area contributed by atoms with Crippen molar-refractivity contribution in [2.75, 3.05) is 31.1 Å². The Morgan fingerprint density at radius 3 is 2.55 bits per heavy atom. The molecule has 0 spiro atoms. The second kappa shape index (κ2) is 8.48. The van der Waals surface area contributed by atoms with Crippen molar-refractivity contribution in [3.8, 4) is 0 Å². The van der Waals surface area contributed by atoms with E-state index in [1.54, 1.807) is 4.90 Å². The van der Waals surface area contributed by atoms with Gasteiger partial charge in [-0.2, -0.15) is 5.10 Å². The molecule has 3 aliphatic rings. The van der Waals surface area contributed by atoms with Gasteiger partial charge in [-0.25, -0.2) is 14.7 Å². The zero-order valence-electron chi connectivity index (χ0n) is 16.0. The highest BCUT2D eigenvalue weighted by atomic mass is 35.5. The number of aromatic amines is 1. The second-order valence-electron chi connectivity index (χ2n) is 7.79. The number of hydrogen-bond donors (Lipinski definition) is 3. The van der Waals surface area contributed by atoms with Gasteiger partial charge >= 0.3 is 12.1 Å². The van der Waals surface area contributed by atoms with Gasteiger partial charge in [0.15, 0.2) is 0 Å². The zero-order valence-corrected chi connectivity index (χ0v) is 16.8. The van der Waals surface area contributed by atoms with Crippen LogP contribution in [0.1, 0.15) is 32.1 Å². The highest BCUT2D eigenvalue weighted by molar-refractivity contribution is 6.33. The minimum absolute atomic E-state index is 0.00342. The lowest BCUT2D eigenvalue weighted by Gasteiger charge is -2.32. The molecule has 1 saturated carbocycles. The zero-order chi connectivity index (χ0) is 20.4. The Morgan fingerprint density at radius 2 is 1.83 bits per heavy atom. The predicted octanol–water partition coefficient (Wildman–Crippen LogP) is 1.06. The smallest absolute Gasteiger partial charge is 0.407 e. The van der Waals surface area contributed by atoms with E-state index in [1.807, 2.05) is 4.90 Å². The quantitative estimate of drug-likeness (QED) is 0.665. The summed E-state index contributed by atoms with van der Waals surface area (Å²) in [5.74, 6) is 0. The predicted molar refractivity (Wildman–Crippen MR) is 106 cm³/mol. The van der Waals surface area contributed by atoms with E-state index in [9.17, 15) is 14.4 Å². The van der Waals surface area contributed by atoms with Crippen LogP contribution in [-0.4, -0.2) is 71.6 Å². The van der Waals surface area contributed by atoms with Crippen LogP contribution in [0, 0.1) is 0 Å². The molecule has 3 heterocycles. The van der Waals surface area contributed by atoms with Gasteiger partial charge in [0, 0.05) is 38.1 Å².